The fourth-order valence-corrected chi connectivity index (χ4v) is 2.85. The van der Waals surface area contributed by atoms with E-state index in [1.165, 1.54) is 17.7 Å². The van der Waals surface area contributed by atoms with Gasteiger partial charge in [0.15, 0.2) is 0 Å². The highest BCUT2D eigenvalue weighted by Crippen LogP contribution is 2.09. The number of nitrogens with zero attached hydrogens (tertiary/aromatic N) is 2. The molecule has 0 aromatic carbocycles. The average molecular weight is 333 g/mol. The van der Waals surface area contributed by atoms with E-state index in [0.29, 0.717) is 18.7 Å². The number of hydrogen-bond donors (Lipinski definition) is 1. The number of urea groups is 1. The first-order valence-corrected chi connectivity index (χ1v) is 8.74. The van der Waals surface area contributed by atoms with Crippen LogP contribution in [0, 0.1) is 5.92 Å². The van der Waals surface area contributed by atoms with Crippen molar-refractivity contribution in [3.8, 4) is 0 Å². The van der Waals surface area contributed by atoms with Gasteiger partial charge < -0.3 is 9.47 Å². The zero-order chi connectivity index (χ0) is 17.5. The minimum Gasteiger partial charge on any atom is -0.319 e. The van der Waals surface area contributed by atoms with Crippen LogP contribution in [-0.2, 0) is 17.9 Å². The molecule has 2 rings (SSSR count). The van der Waals surface area contributed by atoms with Crippen LogP contribution in [0.2, 0.25) is 0 Å². The van der Waals surface area contributed by atoms with Gasteiger partial charge in [-0.15, -0.1) is 0 Å². The predicted molar refractivity (Wildman–Crippen MR) is 92.6 cm³/mol. The van der Waals surface area contributed by atoms with Gasteiger partial charge in [0.1, 0.15) is 0 Å². The average Bonchev–Trinajstić information content (AvgIpc) is 2.52. The molecular weight excluding hydrogens is 306 g/mol. The van der Waals surface area contributed by atoms with E-state index >= 15 is 0 Å². The number of carbonyl (C=O) groups is 2. The van der Waals surface area contributed by atoms with Gasteiger partial charge >= 0.3 is 6.03 Å². The minimum atomic E-state index is -0.422. The molecule has 0 aliphatic carbocycles. The number of aryl methyl sites for hydroxylation is 1. The molecule has 0 unspecified atom stereocenters. The van der Waals surface area contributed by atoms with E-state index in [2.05, 4.69) is 19.2 Å². The third-order valence-electron chi connectivity index (χ3n) is 4.28. The molecule has 1 aliphatic rings. The number of amides is 3. The van der Waals surface area contributed by atoms with Crippen LogP contribution in [-0.4, -0.2) is 28.0 Å². The maximum atomic E-state index is 12.5. The van der Waals surface area contributed by atoms with Gasteiger partial charge in [0.2, 0.25) is 5.91 Å². The van der Waals surface area contributed by atoms with E-state index in [9.17, 15) is 14.4 Å². The van der Waals surface area contributed by atoms with E-state index in [4.69, 9.17) is 0 Å². The molecule has 0 bridgehead atoms. The summed E-state index contributed by atoms with van der Waals surface area (Å²) >= 11 is 0. The monoisotopic (exact) mass is 333 g/mol. The van der Waals surface area contributed by atoms with Gasteiger partial charge in [-0.1, -0.05) is 39.2 Å². The second-order valence-corrected chi connectivity index (χ2v) is 6.80. The molecule has 1 aromatic heterocycles. The molecule has 0 spiro atoms. The standard InChI is InChI=1S/C18H27N3O3/c1-14(2)7-4-3-5-10-20-11-6-8-15(17(20)23)13-21-12-9-16(22)19-18(21)24/h6,8,11,14H,3-5,7,9-10,12-13H2,1-2H3,(H,19,22,24). The zero-order valence-electron chi connectivity index (χ0n) is 14.6. The Kier molecular flexibility index (Phi) is 6.58. The molecule has 2 heterocycles. The lowest BCUT2D eigenvalue weighted by atomic mass is 10.1. The van der Waals surface area contributed by atoms with E-state index in [-0.39, 0.29) is 24.4 Å². The smallest absolute Gasteiger partial charge is 0.319 e. The first kappa shape index (κ1) is 18.2. The number of pyridine rings is 1. The van der Waals surface area contributed by atoms with Gasteiger partial charge in [0.25, 0.3) is 5.56 Å². The molecule has 24 heavy (non-hydrogen) atoms. The maximum Gasteiger partial charge on any atom is 0.324 e. The highest BCUT2D eigenvalue weighted by molar-refractivity contribution is 5.96. The molecule has 1 aromatic rings. The number of aromatic nitrogens is 1. The van der Waals surface area contributed by atoms with Gasteiger partial charge in [0.05, 0.1) is 6.54 Å². The van der Waals surface area contributed by atoms with Crippen molar-refractivity contribution in [1.82, 2.24) is 14.8 Å². The normalized spacial score (nSPS) is 15.0. The first-order valence-electron chi connectivity index (χ1n) is 8.74. The topological polar surface area (TPSA) is 71.4 Å². The summed E-state index contributed by atoms with van der Waals surface area (Å²) in [5.41, 5.74) is 0.537. The number of imide groups is 1. The molecule has 3 amide bonds. The van der Waals surface area contributed by atoms with E-state index in [0.717, 1.165) is 18.8 Å². The number of nitrogens with one attached hydrogen (secondary N) is 1. The molecule has 1 aliphatic heterocycles. The summed E-state index contributed by atoms with van der Waals surface area (Å²) in [6.45, 7) is 5.74. The van der Waals surface area contributed by atoms with Gasteiger partial charge in [0, 0.05) is 31.3 Å². The van der Waals surface area contributed by atoms with Gasteiger partial charge in [-0.3, -0.25) is 14.9 Å². The summed E-state index contributed by atoms with van der Waals surface area (Å²) in [5.74, 6) is 0.460. The largest absolute Gasteiger partial charge is 0.324 e. The van der Waals surface area contributed by atoms with Crippen LogP contribution in [0.25, 0.3) is 0 Å². The van der Waals surface area contributed by atoms with Gasteiger partial charge in [-0.25, -0.2) is 4.79 Å². The third-order valence-corrected chi connectivity index (χ3v) is 4.28. The van der Waals surface area contributed by atoms with Crippen LogP contribution in [0.15, 0.2) is 23.1 Å². The van der Waals surface area contributed by atoms with E-state index in [1.807, 2.05) is 6.07 Å². The molecule has 0 atom stereocenters. The molecule has 1 N–H and O–H groups in total. The molecular formula is C18H27N3O3. The van der Waals surface area contributed by atoms with Crippen LogP contribution < -0.4 is 10.9 Å². The Morgan fingerprint density at radius 3 is 2.67 bits per heavy atom. The maximum absolute atomic E-state index is 12.5. The van der Waals surface area contributed by atoms with E-state index < -0.39 is 6.03 Å². The number of carbonyl (C=O) groups excluding carboxylic acids is 2. The first-order chi connectivity index (χ1) is 11.5. The number of rotatable bonds is 8. The van der Waals surface area contributed by atoms with Crippen molar-refractivity contribution in [3.63, 3.8) is 0 Å². The van der Waals surface area contributed by atoms with Crippen LogP contribution >= 0.6 is 0 Å². The molecule has 6 nitrogen and oxygen atoms in total. The van der Waals surface area contributed by atoms with Crippen LogP contribution in [0.3, 0.4) is 0 Å². The summed E-state index contributed by atoms with van der Waals surface area (Å²) in [6.07, 6.45) is 6.59. The fraction of sp³-hybridized carbons (Fsp3) is 0.611. The zero-order valence-corrected chi connectivity index (χ0v) is 14.6. The van der Waals surface area contributed by atoms with Crippen molar-refractivity contribution in [2.24, 2.45) is 5.92 Å². The molecule has 1 fully saturated rings. The van der Waals surface area contributed by atoms with Crippen LogP contribution in [0.4, 0.5) is 4.79 Å². The highest BCUT2D eigenvalue weighted by Gasteiger charge is 2.23. The van der Waals surface area contributed by atoms with Crippen LogP contribution in [0.5, 0.6) is 0 Å². The Balaban J connectivity index is 1.91. The highest BCUT2D eigenvalue weighted by atomic mass is 16.2. The minimum absolute atomic E-state index is 0.0499. The van der Waals surface area contributed by atoms with E-state index in [1.54, 1.807) is 16.8 Å². The summed E-state index contributed by atoms with van der Waals surface area (Å²) in [4.78, 5) is 37.0. The third kappa shape index (κ3) is 5.22. The quantitative estimate of drug-likeness (QED) is 0.743. The molecule has 0 radical (unpaired) electrons. The summed E-state index contributed by atoms with van der Waals surface area (Å²) in [7, 11) is 0. The summed E-state index contributed by atoms with van der Waals surface area (Å²) in [6, 6.07) is 3.17. The van der Waals surface area contributed by atoms with Crippen molar-refractivity contribution < 1.29 is 9.59 Å². The Bertz CT molecular complexity index is 637. The Morgan fingerprint density at radius 1 is 1.17 bits per heavy atom. The van der Waals surface area contributed by atoms with Gasteiger partial charge in [-0.2, -0.15) is 0 Å². The van der Waals surface area contributed by atoms with Crippen molar-refractivity contribution in [3.05, 3.63) is 34.2 Å². The Hall–Kier alpha value is -2.11. The SMILES string of the molecule is CC(C)CCCCCn1cccc(CN2CCC(=O)NC2=O)c1=O. The van der Waals surface area contributed by atoms with Crippen molar-refractivity contribution in [1.29, 1.82) is 0 Å². The molecule has 0 saturated carbocycles. The van der Waals surface area contributed by atoms with Crippen LogP contribution in [0.1, 0.15) is 51.5 Å². The molecule has 132 valence electrons. The fourth-order valence-electron chi connectivity index (χ4n) is 2.85. The molecule has 6 heteroatoms. The second kappa shape index (κ2) is 8.66. The Labute approximate surface area is 142 Å². The Morgan fingerprint density at radius 2 is 1.96 bits per heavy atom. The molecule has 1 saturated heterocycles. The lowest BCUT2D eigenvalue weighted by Crippen LogP contribution is -2.49. The lowest BCUT2D eigenvalue weighted by Gasteiger charge is -2.26. The lowest BCUT2D eigenvalue weighted by molar-refractivity contribution is -0.121. The summed E-state index contributed by atoms with van der Waals surface area (Å²) < 4.78 is 1.72. The summed E-state index contributed by atoms with van der Waals surface area (Å²) in [5, 5.41) is 2.28. The van der Waals surface area contributed by atoms with Crippen molar-refractivity contribution >= 4 is 11.9 Å². The van der Waals surface area contributed by atoms with Crippen molar-refractivity contribution in [2.75, 3.05) is 6.54 Å². The number of unbranched alkanes of at least 4 members (excludes halogenated alkanes) is 2. The number of hydrogen-bond acceptors (Lipinski definition) is 3. The van der Waals surface area contributed by atoms with Gasteiger partial charge in [-0.05, 0) is 18.4 Å². The second-order valence-electron chi connectivity index (χ2n) is 6.80. The van der Waals surface area contributed by atoms with Crippen molar-refractivity contribution in [2.45, 2.75) is 59.0 Å². The predicted octanol–water partition coefficient (Wildman–Crippen LogP) is 2.51.